The molecule has 1 amide bonds. The zero-order valence-corrected chi connectivity index (χ0v) is 21.2. The van der Waals surface area contributed by atoms with E-state index in [0.29, 0.717) is 23.0 Å². The monoisotopic (exact) mass is 543 g/mol. The van der Waals surface area contributed by atoms with Gasteiger partial charge >= 0.3 is 0 Å². The summed E-state index contributed by atoms with van der Waals surface area (Å²) < 4.78 is 15.2. The second kappa shape index (κ2) is 10.3. The molecule has 2 aromatic heterocycles. The number of methoxy groups -OCH3 is 1. The number of anilines is 1. The number of carbonyl (C=O) groups is 1. The summed E-state index contributed by atoms with van der Waals surface area (Å²) in [7, 11) is 1.64. The Bertz CT molecular complexity index is 1330. The molecule has 0 bridgehead atoms. The number of hydrogen-bond acceptors (Lipinski definition) is 5. The summed E-state index contributed by atoms with van der Waals surface area (Å²) in [6.45, 7) is 4.46. The molecule has 176 valence electrons. The van der Waals surface area contributed by atoms with Gasteiger partial charge in [0.2, 0.25) is 0 Å². The summed E-state index contributed by atoms with van der Waals surface area (Å²) in [5.41, 5.74) is 3.56. The maximum atomic E-state index is 12.8. The first kappa shape index (κ1) is 23.8. The van der Waals surface area contributed by atoms with E-state index in [4.69, 9.17) is 21.1 Å². The summed E-state index contributed by atoms with van der Waals surface area (Å²) in [5, 5.41) is 12.3. The number of rotatable bonds is 8. The van der Waals surface area contributed by atoms with E-state index in [-0.39, 0.29) is 18.3 Å². The van der Waals surface area contributed by atoms with Crippen molar-refractivity contribution in [2.24, 2.45) is 0 Å². The van der Waals surface area contributed by atoms with E-state index >= 15 is 0 Å². The molecule has 0 atom stereocenters. The van der Waals surface area contributed by atoms with E-state index in [1.807, 2.05) is 48.9 Å². The standard InChI is InChI=1S/C24H23BrClN5O3/c1-15-23(16(2)31(28-15)13-17-5-4-6-19(11-17)33-3)27-24(32)21-9-10-30(29-21)14-34-22-8-7-18(25)12-20(22)26/h4-12H,13-14H2,1-3H3,(H,27,32). The van der Waals surface area contributed by atoms with Crippen LogP contribution < -0.4 is 14.8 Å². The topological polar surface area (TPSA) is 83.2 Å². The Labute approximate surface area is 210 Å². The van der Waals surface area contributed by atoms with Crippen molar-refractivity contribution in [3.05, 3.63) is 86.9 Å². The van der Waals surface area contributed by atoms with Gasteiger partial charge in [0.25, 0.3) is 5.91 Å². The van der Waals surface area contributed by atoms with E-state index in [9.17, 15) is 4.79 Å². The van der Waals surface area contributed by atoms with Crippen LogP contribution in [0.4, 0.5) is 5.69 Å². The molecule has 4 aromatic rings. The van der Waals surface area contributed by atoms with Crippen molar-refractivity contribution in [2.45, 2.75) is 27.1 Å². The van der Waals surface area contributed by atoms with Gasteiger partial charge in [-0.25, -0.2) is 4.68 Å². The molecule has 0 aliphatic carbocycles. The maximum Gasteiger partial charge on any atom is 0.276 e. The zero-order chi connectivity index (χ0) is 24.2. The number of nitrogens with zero attached hydrogens (tertiary/aromatic N) is 4. The lowest BCUT2D eigenvalue weighted by Gasteiger charge is -2.08. The molecule has 0 radical (unpaired) electrons. The van der Waals surface area contributed by atoms with E-state index in [0.717, 1.165) is 27.2 Å². The lowest BCUT2D eigenvalue weighted by Crippen LogP contribution is -2.15. The van der Waals surface area contributed by atoms with E-state index in [2.05, 4.69) is 31.4 Å². The number of hydrogen-bond donors (Lipinski definition) is 1. The molecule has 10 heteroatoms. The number of amides is 1. The Kier molecular flexibility index (Phi) is 7.23. The third kappa shape index (κ3) is 5.43. The average Bonchev–Trinajstić information content (AvgIpc) is 3.39. The Hall–Kier alpha value is -3.30. The summed E-state index contributed by atoms with van der Waals surface area (Å²) in [6, 6.07) is 14.8. The minimum atomic E-state index is -0.326. The third-order valence-corrected chi connectivity index (χ3v) is 5.99. The van der Waals surface area contributed by atoms with Gasteiger partial charge in [-0.3, -0.25) is 9.48 Å². The van der Waals surface area contributed by atoms with Crippen LogP contribution in [0.15, 0.2) is 59.2 Å². The SMILES string of the molecule is COc1cccc(Cn2nc(C)c(NC(=O)c3ccn(COc4ccc(Br)cc4Cl)n3)c2C)c1. The summed E-state index contributed by atoms with van der Waals surface area (Å²) >= 11 is 9.54. The van der Waals surface area contributed by atoms with Gasteiger partial charge in [0, 0.05) is 10.7 Å². The fraction of sp³-hybridized carbons (Fsp3) is 0.208. The number of benzene rings is 2. The molecule has 34 heavy (non-hydrogen) atoms. The van der Waals surface area contributed by atoms with Crippen molar-refractivity contribution in [2.75, 3.05) is 12.4 Å². The number of aryl methyl sites for hydroxylation is 1. The molecule has 4 rings (SSSR count). The molecule has 0 saturated carbocycles. The molecule has 1 N–H and O–H groups in total. The van der Waals surface area contributed by atoms with Crippen molar-refractivity contribution in [1.82, 2.24) is 19.6 Å². The first-order chi connectivity index (χ1) is 16.3. The fourth-order valence-corrected chi connectivity index (χ4v) is 4.16. The molecule has 2 aromatic carbocycles. The molecule has 0 unspecified atom stereocenters. The van der Waals surface area contributed by atoms with Crippen LogP contribution in [0.2, 0.25) is 5.02 Å². The Morgan fingerprint density at radius 3 is 2.74 bits per heavy atom. The lowest BCUT2D eigenvalue weighted by atomic mass is 10.2. The first-order valence-corrected chi connectivity index (χ1v) is 11.6. The van der Waals surface area contributed by atoms with Crippen LogP contribution in [0.25, 0.3) is 0 Å². The van der Waals surface area contributed by atoms with Crippen LogP contribution in [-0.2, 0) is 13.3 Å². The number of ether oxygens (including phenoxy) is 2. The summed E-state index contributed by atoms with van der Waals surface area (Å²) in [4.78, 5) is 12.8. The number of aromatic nitrogens is 4. The van der Waals surface area contributed by atoms with Gasteiger partial charge < -0.3 is 14.8 Å². The molecular weight excluding hydrogens is 522 g/mol. The lowest BCUT2D eigenvalue weighted by molar-refractivity contribution is 0.102. The minimum absolute atomic E-state index is 0.116. The maximum absolute atomic E-state index is 12.8. The van der Waals surface area contributed by atoms with Gasteiger partial charge in [-0.2, -0.15) is 10.2 Å². The van der Waals surface area contributed by atoms with Crippen molar-refractivity contribution in [3.63, 3.8) is 0 Å². The number of halogens is 2. The average molecular weight is 545 g/mol. The van der Waals surface area contributed by atoms with Crippen molar-refractivity contribution < 1.29 is 14.3 Å². The Morgan fingerprint density at radius 1 is 1.15 bits per heavy atom. The van der Waals surface area contributed by atoms with E-state index in [1.165, 1.54) is 4.68 Å². The smallest absolute Gasteiger partial charge is 0.276 e. The predicted octanol–water partition coefficient (Wildman–Crippen LogP) is 5.46. The summed E-state index contributed by atoms with van der Waals surface area (Å²) in [6.07, 6.45) is 1.67. The van der Waals surface area contributed by atoms with Gasteiger partial charge in [-0.05, 0) is 55.8 Å². The van der Waals surface area contributed by atoms with Crippen LogP contribution in [0.3, 0.4) is 0 Å². The van der Waals surface area contributed by atoms with Gasteiger partial charge in [0.15, 0.2) is 12.4 Å². The molecule has 8 nitrogen and oxygen atoms in total. The van der Waals surface area contributed by atoms with Gasteiger partial charge in [-0.15, -0.1) is 0 Å². The third-order valence-electron chi connectivity index (χ3n) is 5.21. The largest absolute Gasteiger partial charge is 0.497 e. The molecule has 0 spiro atoms. The summed E-state index contributed by atoms with van der Waals surface area (Å²) in [5.74, 6) is 0.989. The predicted molar refractivity (Wildman–Crippen MR) is 134 cm³/mol. The molecule has 2 heterocycles. The van der Waals surface area contributed by atoms with Crippen LogP contribution in [0, 0.1) is 13.8 Å². The van der Waals surface area contributed by atoms with E-state index < -0.39 is 0 Å². The highest BCUT2D eigenvalue weighted by Gasteiger charge is 2.17. The van der Waals surface area contributed by atoms with Crippen LogP contribution in [0.1, 0.15) is 27.4 Å². The minimum Gasteiger partial charge on any atom is -0.497 e. The highest BCUT2D eigenvalue weighted by molar-refractivity contribution is 9.10. The zero-order valence-electron chi connectivity index (χ0n) is 18.9. The number of carbonyl (C=O) groups excluding carboxylic acids is 1. The Morgan fingerprint density at radius 2 is 1.97 bits per heavy atom. The van der Waals surface area contributed by atoms with E-state index in [1.54, 1.807) is 31.5 Å². The molecular formula is C24H23BrClN5O3. The molecule has 0 aliphatic rings. The Balaban J connectivity index is 1.42. The van der Waals surface area contributed by atoms with Gasteiger partial charge in [0.1, 0.15) is 11.5 Å². The normalized spacial score (nSPS) is 10.9. The number of nitrogens with one attached hydrogen (secondary N) is 1. The highest BCUT2D eigenvalue weighted by Crippen LogP contribution is 2.28. The second-order valence-electron chi connectivity index (χ2n) is 7.60. The fourth-order valence-electron chi connectivity index (χ4n) is 3.44. The molecule has 0 saturated heterocycles. The van der Waals surface area contributed by atoms with Gasteiger partial charge in [-0.1, -0.05) is 39.7 Å². The molecule has 0 fully saturated rings. The van der Waals surface area contributed by atoms with Crippen molar-refractivity contribution >= 4 is 39.1 Å². The van der Waals surface area contributed by atoms with Crippen LogP contribution >= 0.6 is 27.5 Å². The van der Waals surface area contributed by atoms with Crippen molar-refractivity contribution in [1.29, 1.82) is 0 Å². The van der Waals surface area contributed by atoms with Crippen LogP contribution in [-0.4, -0.2) is 32.6 Å². The highest BCUT2D eigenvalue weighted by atomic mass is 79.9. The van der Waals surface area contributed by atoms with Crippen LogP contribution in [0.5, 0.6) is 11.5 Å². The van der Waals surface area contributed by atoms with Crippen molar-refractivity contribution in [3.8, 4) is 11.5 Å². The quantitative estimate of drug-likeness (QED) is 0.319. The van der Waals surface area contributed by atoms with Gasteiger partial charge in [0.05, 0.1) is 35.8 Å². The molecule has 0 aliphatic heterocycles. The second-order valence-corrected chi connectivity index (χ2v) is 8.92. The first-order valence-electron chi connectivity index (χ1n) is 10.4.